The lowest BCUT2D eigenvalue weighted by Crippen LogP contribution is -2.00. The molecule has 0 amide bonds. The number of rotatable bonds is 3. The summed E-state index contributed by atoms with van der Waals surface area (Å²) >= 11 is 6.11. The predicted molar refractivity (Wildman–Crippen MR) is 86.7 cm³/mol. The Bertz CT molecular complexity index is 844. The van der Waals surface area contributed by atoms with Crippen molar-refractivity contribution in [3.63, 3.8) is 0 Å². The largest absolute Gasteiger partial charge is 0.399 e. The molecule has 0 spiro atoms. The van der Waals surface area contributed by atoms with Crippen molar-refractivity contribution in [2.45, 2.75) is 10.6 Å². The van der Waals surface area contributed by atoms with Gasteiger partial charge in [0.1, 0.15) is 0 Å². The highest BCUT2D eigenvalue weighted by Gasteiger charge is 2.15. The molecule has 0 bridgehead atoms. The lowest BCUT2D eigenvalue weighted by molar-refractivity contribution is 0.681. The van der Waals surface area contributed by atoms with Crippen LogP contribution in [0.15, 0.2) is 47.4 Å². The number of benzene rings is 2. The summed E-state index contributed by atoms with van der Waals surface area (Å²) in [5.41, 5.74) is 8.10. The zero-order chi connectivity index (χ0) is 15.0. The lowest BCUT2D eigenvalue weighted by Gasteiger charge is -2.04. The molecule has 0 aliphatic heterocycles. The average Bonchev–Trinajstić information content (AvgIpc) is 2.78. The van der Waals surface area contributed by atoms with E-state index >= 15 is 0 Å². The number of aromatic nitrogens is 2. The molecule has 0 saturated heterocycles. The molecule has 1 aromatic heterocycles. The van der Waals surface area contributed by atoms with E-state index in [0.29, 0.717) is 21.4 Å². The number of nitrogens with two attached hydrogens (primary N) is 1. The molecule has 0 aliphatic carbocycles. The first-order valence-corrected chi connectivity index (χ1v) is 8.10. The molecule has 0 saturated carbocycles. The smallest absolute Gasteiger partial charge is 0.0831 e. The third kappa shape index (κ3) is 2.66. The second-order valence-electron chi connectivity index (χ2n) is 4.77. The van der Waals surface area contributed by atoms with Gasteiger partial charge in [-0.25, -0.2) is 0 Å². The van der Waals surface area contributed by atoms with E-state index in [2.05, 4.69) is 5.10 Å². The molecule has 0 radical (unpaired) electrons. The van der Waals surface area contributed by atoms with E-state index in [1.54, 1.807) is 22.9 Å². The first kappa shape index (κ1) is 14.1. The summed E-state index contributed by atoms with van der Waals surface area (Å²) in [6.45, 7) is 0. The predicted octanol–water partition coefficient (Wildman–Crippen LogP) is 3.12. The van der Waals surface area contributed by atoms with E-state index < -0.39 is 10.8 Å². The molecule has 4 nitrogen and oxygen atoms in total. The van der Waals surface area contributed by atoms with Gasteiger partial charge in [-0.15, -0.1) is 0 Å². The van der Waals surface area contributed by atoms with Crippen LogP contribution in [-0.4, -0.2) is 14.0 Å². The minimum absolute atomic E-state index is 0.310. The fourth-order valence-electron chi connectivity index (χ4n) is 2.29. The van der Waals surface area contributed by atoms with E-state index in [0.717, 1.165) is 16.6 Å². The summed E-state index contributed by atoms with van der Waals surface area (Å²) in [5.74, 6) is 0.310. The van der Waals surface area contributed by atoms with Gasteiger partial charge in [-0.3, -0.25) is 8.89 Å². The van der Waals surface area contributed by atoms with Crippen molar-refractivity contribution in [3.05, 3.63) is 53.2 Å². The molecule has 3 aromatic rings. The van der Waals surface area contributed by atoms with Crippen LogP contribution in [0, 0.1) is 0 Å². The van der Waals surface area contributed by atoms with Crippen molar-refractivity contribution in [3.8, 4) is 0 Å². The molecule has 2 aromatic carbocycles. The van der Waals surface area contributed by atoms with Gasteiger partial charge in [0.25, 0.3) is 0 Å². The third-order valence-corrected chi connectivity index (χ3v) is 5.11. The Morgan fingerprint density at radius 2 is 2.05 bits per heavy atom. The number of para-hydroxylation sites is 1. The zero-order valence-electron chi connectivity index (χ0n) is 11.4. The quantitative estimate of drug-likeness (QED) is 0.754. The van der Waals surface area contributed by atoms with Crippen LogP contribution in [0.1, 0.15) is 5.69 Å². The van der Waals surface area contributed by atoms with Crippen LogP contribution in [0.2, 0.25) is 5.02 Å². The van der Waals surface area contributed by atoms with Crippen LogP contribution >= 0.6 is 11.6 Å². The SMILES string of the molecule is Cn1nc(CS(=O)c2cc(N)ccc2Cl)c2ccccc21. The Morgan fingerprint density at radius 3 is 2.86 bits per heavy atom. The highest BCUT2D eigenvalue weighted by Crippen LogP contribution is 2.26. The maximum absolute atomic E-state index is 12.6. The summed E-state index contributed by atoms with van der Waals surface area (Å²) in [5, 5.41) is 5.93. The average molecular weight is 320 g/mol. The number of hydrogen-bond donors (Lipinski definition) is 1. The molecule has 108 valence electrons. The summed E-state index contributed by atoms with van der Waals surface area (Å²) in [7, 11) is 0.591. The van der Waals surface area contributed by atoms with Crippen LogP contribution < -0.4 is 5.73 Å². The zero-order valence-corrected chi connectivity index (χ0v) is 13.0. The van der Waals surface area contributed by atoms with E-state index in [4.69, 9.17) is 17.3 Å². The number of aryl methyl sites for hydroxylation is 1. The third-order valence-electron chi connectivity index (χ3n) is 3.30. The minimum atomic E-state index is -1.29. The number of halogens is 1. The van der Waals surface area contributed by atoms with Crippen molar-refractivity contribution in [1.82, 2.24) is 9.78 Å². The van der Waals surface area contributed by atoms with Gasteiger partial charge in [-0.2, -0.15) is 5.10 Å². The number of fused-ring (bicyclic) bond motifs is 1. The Hall–Kier alpha value is -1.85. The maximum atomic E-state index is 12.6. The summed E-state index contributed by atoms with van der Waals surface area (Å²) < 4.78 is 14.4. The topological polar surface area (TPSA) is 60.9 Å². The Balaban J connectivity index is 1.99. The lowest BCUT2D eigenvalue weighted by atomic mass is 10.2. The van der Waals surface area contributed by atoms with Gasteiger partial charge >= 0.3 is 0 Å². The molecule has 1 atom stereocenters. The van der Waals surface area contributed by atoms with Crippen molar-refractivity contribution in [1.29, 1.82) is 0 Å². The molecule has 0 aliphatic rings. The van der Waals surface area contributed by atoms with Crippen LogP contribution in [0.5, 0.6) is 0 Å². The van der Waals surface area contributed by atoms with E-state index in [1.807, 2.05) is 31.3 Å². The van der Waals surface area contributed by atoms with E-state index in [9.17, 15) is 4.21 Å². The number of hydrogen-bond acceptors (Lipinski definition) is 3. The van der Waals surface area contributed by atoms with Crippen molar-refractivity contribution < 1.29 is 4.21 Å². The number of nitrogens with zero attached hydrogens (tertiary/aromatic N) is 2. The highest BCUT2D eigenvalue weighted by molar-refractivity contribution is 7.84. The van der Waals surface area contributed by atoms with Crippen LogP contribution in [0.25, 0.3) is 10.9 Å². The first-order chi connectivity index (χ1) is 10.1. The summed E-state index contributed by atoms with van der Waals surface area (Å²) in [6, 6.07) is 12.9. The molecule has 1 unspecified atom stereocenters. The van der Waals surface area contributed by atoms with Gasteiger partial charge in [0.05, 0.1) is 37.7 Å². The monoisotopic (exact) mass is 319 g/mol. The fraction of sp³-hybridized carbons (Fsp3) is 0.133. The molecule has 21 heavy (non-hydrogen) atoms. The Morgan fingerprint density at radius 1 is 1.29 bits per heavy atom. The molecular formula is C15H14ClN3OS. The summed E-state index contributed by atoms with van der Waals surface area (Å²) in [4.78, 5) is 0.548. The van der Waals surface area contributed by atoms with Gasteiger partial charge in [0, 0.05) is 18.1 Å². The van der Waals surface area contributed by atoms with E-state index in [-0.39, 0.29) is 0 Å². The first-order valence-electron chi connectivity index (χ1n) is 6.40. The van der Waals surface area contributed by atoms with Gasteiger partial charge in [-0.1, -0.05) is 29.8 Å². The second kappa shape index (κ2) is 5.50. The molecule has 0 fully saturated rings. The van der Waals surface area contributed by atoms with Crippen molar-refractivity contribution in [2.24, 2.45) is 7.05 Å². The molecule has 6 heteroatoms. The summed E-state index contributed by atoms with van der Waals surface area (Å²) in [6.07, 6.45) is 0. The Labute approximate surface area is 130 Å². The van der Waals surface area contributed by atoms with E-state index in [1.165, 1.54) is 0 Å². The van der Waals surface area contributed by atoms with Crippen LogP contribution in [0.4, 0.5) is 5.69 Å². The Kier molecular flexibility index (Phi) is 3.69. The van der Waals surface area contributed by atoms with Crippen LogP contribution in [-0.2, 0) is 23.6 Å². The number of nitrogen functional groups attached to an aromatic ring is 1. The van der Waals surface area contributed by atoms with Crippen molar-refractivity contribution in [2.75, 3.05) is 5.73 Å². The van der Waals surface area contributed by atoms with Crippen molar-refractivity contribution >= 4 is 39.0 Å². The number of anilines is 1. The highest BCUT2D eigenvalue weighted by atomic mass is 35.5. The normalized spacial score (nSPS) is 12.7. The second-order valence-corrected chi connectivity index (χ2v) is 6.59. The molecule has 2 N–H and O–H groups in total. The molecule has 1 heterocycles. The minimum Gasteiger partial charge on any atom is -0.399 e. The van der Waals surface area contributed by atoms with Crippen LogP contribution in [0.3, 0.4) is 0 Å². The fourth-order valence-corrected chi connectivity index (χ4v) is 3.84. The standard InChI is InChI=1S/C15H14ClN3OS/c1-19-14-5-3-2-4-11(14)13(18-19)9-21(20)15-8-10(17)6-7-12(15)16/h2-8H,9,17H2,1H3. The molecular weight excluding hydrogens is 306 g/mol. The van der Waals surface area contributed by atoms with Gasteiger partial charge in [0.15, 0.2) is 0 Å². The maximum Gasteiger partial charge on any atom is 0.0831 e. The van der Waals surface area contributed by atoms with Gasteiger partial charge in [0.2, 0.25) is 0 Å². The van der Waals surface area contributed by atoms with Gasteiger partial charge < -0.3 is 5.73 Å². The van der Waals surface area contributed by atoms with Gasteiger partial charge in [-0.05, 0) is 24.3 Å². The molecule has 3 rings (SSSR count).